The molecule has 1 aliphatic rings. The Morgan fingerprint density at radius 1 is 1.19 bits per heavy atom. The minimum atomic E-state index is -4.53. The van der Waals surface area contributed by atoms with Crippen LogP contribution < -0.4 is 10.2 Å². The molecule has 2 aromatic carbocycles. The molecule has 8 heteroatoms. The van der Waals surface area contributed by atoms with Crippen LogP contribution in [0.15, 0.2) is 47.4 Å². The number of alkyl halides is 3. The van der Waals surface area contributed by atoms with Gasteiger partial charge in [0.2, 0.25) is 11.8 Å². The van der Waals surface area contributed by atoms with E-state index in [0.717, 1.165) is 22.6 Å². The molecule has 0 aromatic heterocycles. The van der Waals surface area contributed by atoms with Gasteiger partial charge in [-0.3, -0.25) is 14.5 Å². The monoisotopic (exact) mass is 394 g/mol. The molecule has 1 aliphatic heterocycles. The maximum absolute atomic E-state index is 12.9. The van der Waals surface area contributed by atoms with Crippen molar-refractivity contribution in [2.75, 3.05) is 16.8 Å². The number of fused-ring (bicyclic) bond motifs is 1. The van der Waals surface area contributed by atoms with Crippen LogP contribution in [0.4, 0.5) is 24.5 Å². The molecule has 0 saturated carbocycles. The zero-order valence-corrected chi connectivity index (χ0v) is 15.4. The van der Waals surface area contributed by atoms with Crippen LogP contribution in [0.1, 0.15) is 18.1 Å². The summed E-state index contributed by atoms with van der Waals surface area (Å²) in [5.74, 6) is -0.862. The van der Waals surface area contributed by atoms with E-state index >= 15 is 0 Å². The number of thioether (sulfide) groups is 1. The van der Waals surface area contributed by atoms with Gasteiger partial charge in [-0.1, -0.05) is 17.7 Å². The van der Waals surface area contributed by atoms with Gasteiger partial charge < -0.3 is 5.32 Å². The van der Waals surface area contributed by atoms with Crippen molar-refractivity contribution in [3.05, 3.63) is 53.6 Å². The standard InChI is InChI=1S/C19H17F3N2O2S/c1-11-3-6-14(7-4-11)27-12(2)18(26)24-10-17(25)23-15-9-13(19(20,21)22)5-8-16(15)24/h3-9,12H,10H2,1-2H3,(H,23,25). The Balaban J connectivity index is 1.85. The molecule has 142 valence electrons. The van der Waals surface area contributed by atoms with Crippen LogP contribution in [0.25, 0.3) is 0 Å². The number of rotatable bonds is 3. The maximum atomic E-state index is 12.9. The average Bonchev–Trinajstić information content (AvgIpc) is 2.61. The Bertz CT molecular complexity index is 882. The van der Waals surface area contributed by atoms with E-state index in [1.807, 2.05) is 31.2 Å². The average molecular weight is 394 g/mol. The van der Waals surface area contributed by atoms with Crippen LogP contribution in [0.3, 0.4) is 0 Å². The number of nitrogens with zero attached hydrogens (tertiary/aromatic N) is 1. The second kappa shape index (κ2) is 7.26. The van der Waals surface area contributed by atoms with Gasteiger partial charge in [0.1, 0.15) is 6.54 Å². The highest BCUT2D eigenvalue weighted by atomic mass is 32.2. The predicted octanol–water partition coefficient (Wildman–Crippen LogP) is 4.48. The van der Waals surface area contributed by atoms with Crippen molar-refractivity contribution in [2.24, 2.45) is 0 Å². The Kier molecular flexibility index (Phi) is 5.19. The zero-order chi connectivity index (χ0) is 19.8. The van der Waals surface area contributed by atoms with E-state index in [-0.39, 0.29) is 23.8 Å². The second-order valence-electron chi connectivity index (χ2n) is 6.28. The Morgan fingerprint density at radius 3 is 2.48 bits per heavy atom. The number of halogens is 3. The molecule has 1 unspecified atom stereocenters. The van der Waals surface area contributed by atoms with Crippen LogP contribution in [-0.4, -0.2) is 23.6 Å². The summed E-state index contributed by atoms with van der Waals surface area (Å²) in [6.45, 7) is 3.45. The number of benzene rings is 2. The van der Waals surface area contributed by atoms with E-state index in [2.05, 4.69) is 5.32 Å². The number of anilines is 2. The lowest BCUT2D eigenvalue weighted by Gasteiger charge is -2.31. The van der Waals surface area contributed by atoms with Crippen LogP contribution in [0.2, 0.25) is 0 Å². The van der Waals surface area contributed by atoms with Gasteiger partial charge in [-0.2, -0.15) is 13.2 Å². The summed E-state index contributed by atoms with van der Waals surface area (Å²) in [6, 6.07) is 10.6. The van der Waals surface area contributed by atoms with Crippen molar-refractivity contribution < 1.29 is 22.8 Å². The summed E-state index contributed by atoms with van der Waals surface area (Å²) in [7, 11) is 0. The SMILES string of the molecule is Cc1ccc(SC(C)C(=O)N2CC(=O)Nc3cc(C(F)(F)F)ccc32)cc1. The molecule has 1 atom stereocenters. The van der Waals surface area contributed by atoms with Crippen molar-refractivity contribution in [2.45, 2.75) is 30.2 Å². The molecule has 0 aliphatic carbocycles. The van der Waals surface area contributed by atoms with Gasteiger partial charge in [0.15, 0.2) is 0 Å². The van der Waals surface area contributed by atoms with Crippen LogP contribution in [-0.2, 0) is 15.8 Å². The third-order valence-electron chi connectivity index (χ3n) is 4.14. The predicted molar refractivity (Wildman–Crippen MR) is 98.9 cm³/mol. The van der Waals surface area contributed by atoms with Crippen molar-refractivity contribution in [1.29, 1.82) is 0 Å². The Morgan fingerprint density at radius 2 is 1.85 bits per heavy atom. The fourth-order valence-corrected chi connectivity index (χ4v) is 3.68. The Labute approximate surface area is 158 Å². The summed E-state index contributed by atoms with van der Waals surface area (Å²) in [5, 5.41) is 1.91. The van der Waals surface area contributed by atoms with E-state index < -0.39 is 22.9 Å². The molecule has 0 spiro atoms. The van der Waals surface area contributed by atoms with E-state index in [4.69, 9.17) is 0 Å². The molecule has 4 nitrogen and oxygen atoms in total. The van der Waals surface area contributed by atoms with Gasteiger partial charge in [0.25, 0.3) is 0 Å². The number of amides is 2. The van der Waals surface area contributed by atoms with Gasteiger partial charge in [-0.05, 0) is 44.2 Å². The molecule has 1 N–H and O–H groups in total. The van der Waals surface area contributed by atoms with Gasteiger partial charge in [-0.15, -0.1) is 11.8 Å². The van der Waals surface area contributed by atoms with E-state index in [1.54, 1.807) is 6.92 Å². The second-order valence-corrected chi connectivity index (χ2v) is 7.69. The molecule has 2 aromatic rings. The van der Waals surface area contributed by atoms with E-state index in [9.17, 15) is 22.8 Å². The van der Waals surface area contributed by atoms with Crippen molar-refractivity contribution in [1.82, 2.24) is 0 Å². The van der Waals surface area contributed by atoms with E-state index in [0.29, 0.717) is 0 Å². The highest BCUT2D eigenvalue weighted by Gasteiger charge is 2.35. The highest BCUT2D eigenvalue weighted by Crippen LogP contribution is 2.38. The molecule has 0 bridgehead atoms. The van der Waals surface area contributed by atoms with Crippen molar-refractivity contribution in [3.63, 3.8) is 0 Å². The lowest BCUT2D eigenvalue weighted by Crippen LogP contribution is -2.45. The fraction of sp³-hybridized carbons (Fsp3) is 0.263. The lowest BCUT2D eigenvalue weighted by molar-refractivity contribution is -0.137. The number of carbonyl (C=O) groups is 2. The number of nitrogens with one attached hydrogen (secondary N) is 1. The fourth-order valence-electron chi connectivity index (χ4n) is 2.75. The van der Waals surface area contributed by atoms with Crippen LogP contribution >= 0.6 is 11.8 Å². The molecule has 1 heterocycles. The lowest BCUT2D eigenvalue weighted by atomic mass is 10.1. The topological polar surface area (TPSA) is 49.4 Å². The minimum Gasteiger partial charge on any atom is -0.323 e. The summed E-state index contributed by atoms with van der Waals surface area (Å²) in [5.41, 5.74) is 0.476. The molecular formula is C19H17F3N2O2S. The third kappa shape index (κ3) is 4.27. The normalized spacial score (nSPS) is 15.1. The van der Waals surface area contributed by atoms with Gasteiger partial charge in [0.05, 0.1) is 22.2 Å². The Hall–Kier alpha value is -2.48. The number of hydrogen-bond donors (Lipinski definition) is 1. The maximum Gasteiger partial charge on any atom is 0.416 e. The smallest absolute Gasteiger partial charge is 0.323 e. The first kappa shape index (κ1) is 19.3. The minimum absolute atomic E-state index is 0.0121. The van der Waals surface area contributed by atoms with Crippen LogP contribution in [0, 0.1) is 6.92 Å². The highest BCUT2D eigenvalue weighted by molar-refractivity contribution is 8.00. The molecule has 0 saturated heterocycles. The molecule has 2 amide bonds. The molecule has 0 radical (unpaired) electrons. The largest absolute Gasteiger partial charge is 0.416 e. The van der Waals surface area contributed by atoms with Crippen molar-refractivity contribution >= 4 is 35.0 Å². The van der Waals surface area contributed by atoms with Gasteiger partial charge >= 0.3 is 6.18 Å². The van der Waals surface area contributed by atoms with Crippen LogP contribution in [0.5, 0.6) is 0 Å². The quantitative estimate of drug-likeness (QED) is 0.781. The van der Waals surface area contributed by atoms with Gasteiger partial charge in [0, 0.05) is 4.90 Å². The molecule has 3 rings (SSSR count). The number of aryl methyl sites for hydroxylation is 1. The zero-order valence-electron chi connectivity index (χ0n) is 14.6. The van der Waals surface area contributed by atoms with Gasteiger partial charge in [-0.25, -0.2) is 0 Å². The number of hydrogen-bond acceptors (Lipinski definition) is 3. The molecule has 0 fully saturated rings. The molecular weight excluding hydrogens is 377 g/mol. The third-order valence-corrected chi connectivity index (χ3v) is 5.24. The first-order valence-electron chi connectivity index (χ1n) is 8.21. The summed E-state index contributed by atoms with van der Waals surface area (Å²) in [6.07, 6.45) is -4.53. The number of carbonyl (C=O) groups excluding carboxylic acids is 2. The van der Waals surface area contributed by atoms with E-state index in [1.165, 1.54) is 22.7 Å². The summed E-state index contributed by atoms with van der Waals surface area (Å²) >= 11 is 1.33. The summed E-state index contributed by atoms with van der Waals surface area (Å²) < 4.78 is 38.7. The first-order valence-corrected chi connectivity index (χ1v) is 9.09. The first-order chi connectivity index (χ1) is 12.6. The molecule has 27 heavy (non-hydrogen) atoms. The summed E-state index contributed by atoms with van der Waals surface area (Å²) in [4.78, 5) is 26.9. The van der Waals surface area contributed by atoms with Crippen molar-refractivity contribution in [3.8, 4) is 0 Å².